The van der Waals surface area contributed by atoms with Crippen molar-refractivity contribution in [2.24, 2.45) is 11.3 Å². The number of amides is 1. The number of aliphatic carboxylic acids is 1. The van der Waals surface area contributed by atoms with Crippen LogP contribution in [0.2, 0.25) is 0 Å². The molecule has 1 aliphatic heterocycles. The van der Waals surface area contributed by atoms with Crippen LogP contribution in [0.1, 0.15) is 33.1 Å². The number of hydrogen-bond donors (Lipinski definition) is 2. The second-order valence-corrected chi connectivity index (χ2v) is 5.14. The summed E-state index contributed by atoms with van der Waals surface area (Å²) in [7, 11) is 0. The number of ether oxygens (including phenoxy) is 1. The monoisotopic (exact) mass is 243 g/mol. The van der Waals surface area contributed by atoms with Crippen LogP contribution in [0.5, 0.6) is 0 Å². The molecule has 1 unspecified atom stereocenters. The summed E-state index contributed by atoms with van der Waals surface area (Å²) in [5.41, 5.74) is -0.795. The fourth-order valence-corrected chi connectivity index (χ4v) is 1.70. The number of hydrogen-bond acceptors (Lipinski definition) is 3. The van der Waals surface area contributed by atoms with Gasteiger partial charge >= 0.3 is 5.97 Å². The quantitative estimate of drug-likeness (QED) is 0.756. The Bertz CT molecular complexity index is 282. The van der Waals surface area contributed by atoms with Gasteiger partial charge in [-0.05, 0) is 33.1 Å². The van der Waals surface area contributed by atoms with Crippen molar-refractivity contribution in [2.45, 2.75) is 33.1 Å². The number of carboxylic acids is 1. The minimum atomic E-state index is -0.840. The number of carbonyl (C=O) groups is 2. The molecule has 0 bridgehead atoms. The molecule has 0 aromatic carbocycles. The van der Waals surface area contributed by atoms with Crippen molar-refractivity contribution in [1.29, 1.82) is 0 Å². The topological polar surface area (TPSA) is 75.6 Å². The van der Waals surface area contributed by atoms with Gasteiger partial charge in [-0.3, -0.25) is 9.59 Å². The van der Waals surface area contributed by atoms with Gasteiger partial charge in [-0.1, -0.05) is 0 Å². The molecule has 0 aromatic heterocycles. The molecular formula is C12H21NO4. The molecule has 0 spiro atoms. The highest BCUT2D eigenvalue weighted by atomic mass is 16.5. The molecule has 98 valence electrons. The Balaban J connectivity index is 2.26. The van der Waals surface area contributed by atoms with E-state index >= 15 is 0 Å². The summed E-state index contributed by atoms with van der Waals surface area (Å²) in [6.45, 7) is 4.93. The zero-order chi connectivity index (χ0) is 12.9. The van der Waals surface area contributed by atoms with Crippen LogP contribution in [0.3, 0.4) is 0 Å². The van der Waals surface area contributed by atoms with Gasteiger partial charge in [-0.15, -0.1) is 0 Å². The van der Waals surface area contributed by atoms with Crippen LogP contribution in [0, 0.1) is 11.3 Å². The zero-order valence-electron chi connectivity index (χ0n) is 10.5. The summed E-state index contributed by atoms with van der Waals surface area (Å²) in [6, 6.07) is 0. The molecule has 0 aliphatic carbocycles. The van der Waals surface area contributed by atoms with Crippen LogP contribution >= 0.6 is 0 Å². The fourth-order valence-electron chi connectivity index (χ4n) is 1.70. The highest BCUT2D eigenvalue weighted by Crippen LogP contribution is 2.19. The molecule has 0 radical (unpaired) electrons. The van der Waals surface area contributed by atoms with Gasteiger partial charge in [-0.2, -0.15) is 0 Å². The van der Waals surface area contributed by atoms with Gasteiger partial charge < -0.3 is 15.2 Å². The highest BCUT2D eigenvalue weighted by Gasteiger charge is 2.27. The lowest BCUT2D eigenvalue weighted by Crippen LogP contribution is -2.38. The zero-order valence-corrected chi connectivity index (χ0v) is 10.5. The van der Waals surface area contributed by atoms with E-state index in [2.05, 4.69) is 5.32 Å². The number of carboxylic acid groups (broad SMARTS) is 1. The molecule has 5 heteroatoms. The molecule has 0 aromatic rings. The minimum absolute atomic E-state index is 0.0223. The minimum Gasteiger partial charge on any atom is -0.481 e. The van der Waals surface area contributed by atoms with E-state index in [9.17, 15) is 9.59 Å². The van der Waals surface area contributed by atoms with Gasteiger partial charge in [0.1, 0.15) is 0 Å². The van der Waals surface area contributed by atoms with E-state index in [0.717, 1.165) is 19.4 Å². The van der Waals surface area contributed by atoms with Gasteiger partial charge in [0.05, 0.1) is 17.9 Å². The van der Waals surface area contributed by atoms with Crippen LogP contribution in [0.25, 0.3) is 0 Å². The number of nitrogens with one attached hydrogen (secondary N) is 1. The van der Waals surface area contributed by atoms with Crippen molar-refractivity contribution < 1.29 is 19.4 Å². The van der Waals surface area contributed by atoms with E-state index in [1.54, 1.807) is 13.8 Å². The van der Waals surface area contributed by atoms with Gasteiger partial charge in [0, 0.05) is 13.2 Å². The second kappa shape index (κ2) is 6.00. The van der Waals surface area contributed by atoms with Crippen LogP contribution in [0.4, 0.5) is 0 Å². The van der Waals surface area contributed by atoms with Crippen molar-refractivity contribution in [2.75, 3.05) is 19.8 Å². The molecular weight excluding hydrogens is 222 g/mol. The summed E-state index contributed by atoms with van der Waals surface area (Å²) in [4.78, 5) is 22.6. The number of carbonyl (C=O) groups excluding carboxylic acids is 1. The maximum Gasteiger partial charge on any atom is 0.309 e. The van der Waals surface area contributed by atoms with E-state index in [1.165, 1.54) is 0 Å². The van der Waals surface area contributed by atoms with E-state index in [1.807, 2.05) is 0 Å². The summed E-state index contributed by atoms with van der Waals surface area (Å²) >= 11 is 0. The van der Waals surface area contributed by atoms with Crippen LogP contribution in [0.15, 0.2) is 0 Å². The van der Waals surface area contributed by atoms with E-state index in [-0.39, 0.29) is 11.8 Å². The molecule has 1 amide bonds. The van der Waals surface area contributed by atoms with Crippen LogP contribution < -0.4 is 5.32 Å². The van der Waals surface area contributed by atoms with Crippen molar-refractivity contribution in [1.82, 2.24) is 5.32 Å². The Kier molecular flexibility index (Phi) is 4.93. The molecule has 1 aliphatic rings. The van der Waals surface area contributed by atoms with E-state index in [0.29, 0.717) is 19.6 Å². The first-order valence-corrected chi connectivity index (χ1v) is 6.02. The smallest absolute Gasteiger partial charge is 0.309 e. The summed E-state index contributed by atoms with van der Waals surface area (Å²) in [5, 5.41) is 11.7. The highest BCUT2D eigenvalue weighted by molar-refractivity contribution is 5.79. The van der Waals surface area contributed by atoms with Crippen molar-refractivity contribution >= 4 is 11.9 Å². The molecule has 1 fully saturated rings. The molecule has 0 saturated carbocycles. The summed E-state index contributed by atoms with van der Waals surface area (Å²) in [6.07, 6.45) is 2.20. The maximum atomic E-state index is 11.7. The van der Waals surface area contributed by atoms with Gasteiger partial charge in [0.2, 0.25) is 5.91 Å². The van der Waals surface area contributed by atoms with Gasteiger partial charge in [0.15, 0.2) is 0 Å². The molecule has 1 rings (SSSR count). The van der Waals surface area contributed by atoms with E-state index in [4.69, 9.17) is 9.84 Å². The molecule has 1 saturated heterocycles. The first-order chi connectivity index (χ1) is 7.93. The van der Waals surface area contributed by atoms with E-state index < -0.39 is 11.4 Å². The Hall–Kier alpha value is -1.10. The average Bonchev–Trinajstić information content (AvgIpc) is 2.29. The third kappa shape index (κ3) is 4.34. The number of rotatable bonds is 5. The molecule has 1 heterocycles. The average molecular weight is 243 g/mol. The third-order valence-electron chi connectivity index (χ3n) is 3.16. The largest absolute Gasteiger partial charge is 0.481 e. The first kappa shape index (κ1) is 14.0. The van der Waals surface area contributed by atoms with Crippen molar-refractivity contribution in [3.05, 3.63) is 0 Å². The SMILES string of the molecule is CC(C)(CCNC(=O)C1CCCOC1)C(=O)O. The predicted octanol–water partition coefficient (Wildman–Crippen LogP) is 1.03. The standard InChI is InChI=1S/C12H21NO4/c1-12(2,11(15)16)5-6-13-10(14)9-4-3-7-17-8-9/h9H,3-8H2,1-2H3,(H,13,14)(H,15,16). The normalized spacial score (nSPS) is 20.9. The molecule has 17 heavy (non-hydrogen) atoms. The van der Waals surface area contributed by atoms with Crippen molar-refractivity contribution in [3.8, 4) is 0 Å². The molecule has 2 N–H and O–H groups in total. The first-order valence-electron chi connectivity index (χ1n) is 6.02. The maximum absolute atomic E-state index is 11.7. The lowest BCUT2D eigenvalue weighted by atomic mass is 9.89. The Morgan fingerprint density at radius 1 is 1.47 bits per heavy atom. The van der Waals surface area contributed by atoms with Crippen LogP contribution in [-0.2, 0) is 14.3 Å². The predicted molar refractivity (Wildman–Crippen MR) is 62.6 cm³/mol. The lowest BCUT2D eigenvalue weighted by molar-refractivity contribution is -0.147. The van der Waals surface area contributed by atoms with Gasteiger partial charge in [-0.25, -0.2) is 0 Å². The second-order valence-electron chi connectivity index (χ2n) is 5.14. The Morgan fingerprint density at radius 3 is 2.71 bits per heavy atom. The van der Waals surface area contributed by atoms with Crippen LogP contribution in [-0.4, -0.2) is 36.7 Å². The van der Waals surface area contributed by atoms with Crippen molar-refractivity contribution in [3.63, 3.8) is 0 Å². The molecule has 5 nitrogen and oxygen atoms in total. The molecule has 1 atom stereocenters. The Labute approximate surface area is 102 Å². The third-order valence-corrected chi connectivity index (χ3v) is 3.16. The Morgan fingerprint density at radius 2 is 2.18 bits per heavy atom. The fraction of sp³-hybridized carbons (Fsp3) is 0.833. The lowest BCUT2D eigenvalue weighted by Gasteiger charge is -2.23. The van der Waals surface area contributed by atoms with Gasteiger partial charge in [0.25, 0.3) is 0 Å². The summed E-state index contributed by atoms with van der Waals surface area (Å²) < 4.78 is 5.23. The summed E-state index contributed by atoms with van der Waals surface area (Å²) in [5.74, 6) is -0.935.